The molecular weight excluding hydrogens is 516 g/mol. The maximum atomic E-state index is 13.9. The third-order valence-corrected chi connectivity index (χ3v) is 10.1. The third kappa shape index (κ3) is 4.63. The van der Waals surface area contributed by atoms with Crippen molar-refractivity contribution in [2.45, 2.75) is 61.4 Å². The molecule has 4 nitrogen and oxygen atoms in total. The van der Waals surface area contributed by atoms with Gasteiger partial charge in [0.1, 0.15) is 0 Å². The topological polar surface area (TPSA) is 58.2 Å². The van der Waals surface area contributed by atoms with Crippen molar-refractivity contribution in [2.24, 2.45) is 11.8 Å². The second-order valence-electron chi connectivity index (χ2n) is 12.4. The average Bonchev–Trinajstić information content (AvgIpc) is 3.98. The molecule has 0 aliphatic heterocycles. The molecule has 4 atom stereocenters. The average molecular weight is 555 g/mol. The van der Waals surface area contributed by atoms with Crippen LogP contribution in [0.4, 0.5) is 0 Å². The van der Waals surface area contributed by atoms with E-state index in [9.17, 15) is 9.59 Å². The first-order chi connectivity index (χ1) is 20.6. The number of carbonyl (C=O) groups is 2. The fraction of sp³-hybridized carbons (Fsp3) is 0.316. The monoisotopic (exact) mass is 554 g/mol. The largest absolute Gasteiger partial charge is 0.351 e. The lowest BCUT2D eigenvalue weighted by Gasteiger charge is -2.33. The van der Waals surface area contributed by atoms with Crippen molar-refractivity contribution in [3.8, 4) is 0 Å². The molecule has 0 heterocycles. The molecule has 4 heteroatoms. The van der Waals surface area contributed by atoms with Crippen molar-refractivity contribution in [1.82, 2.24) is 10.6 Å². The summed E-state index contributed by atoms with van der Waals surface area (Å²) in [5, 5.41) is 6.84. The predicted octanol–water partition coefficient (Wildman–Crippen LogP) is 6.54. The van der Waals surface area contributed by atoms with E-state index in [1.807, 2.05) is 24.3 Å². The lowest BCUT2D eigenvalue weighted by atomic mass is 9.84. The first-order valence-corrected chi connectivity index (χ1v) is 15.5. The minimum atomic E-state index is -0.293. The molecule has 3 aliphatic carbocycles. The number of benzene rings is 4. The number of carbonyl (C=O) groups excluding carboxylic acids is 2. The number of hydrogen-bond donors (Lipinski definition) is 2. The standard InChI is InChI=1S/C38H38N2O2/c41-35(31-25-37(31,27-15-5-1-6-16-27)28-17-7-2-8-18-28)39-33-23-13-14-24-34(33)40-36(42)32-26-38(32,29-19-9-3-10-20-29)30-21-11-4-12-22-30/h1-12,15-22,31-34H,13-14,23-26H2,(H,39,41)(H,40,42)/t31-,32+,33-,34+. The molecule has 212 valence electrons. The van der Waals surface area contributed by atoms with E-state index in [2.05, 4.69) is 108 Å². The normalized spacial score (nSPS) is 25.1. The van der Waals surface area contributed by atoms with Crippen molar-refractivity contribution >= 4 is 11.8 Å². The van der Waals surface area contributed by atoms with Crippen LogP contribution in [0.25, 0.3) is 0 Å². The molecule has 4 aromatic rings. The molecule has 3 fully saturated rings. The van der Waals surface area contributed by atoms with Crippen LogP contribution in [-0.4, -0.2) is 23.9 Å². The minimum Gasteiger partial charge on any atom is -0.351 e. The summed E-state index contributed by atoms with van der Waals surface area (Å²) in [5.41, 5.74) is 4.18. The van der Waals surface area contributed by atoms with Crippen molar-refractivity contribution in [3.63, 3.8) is 0 Å². The minimum absolute atomic E-state index is 0.0540. The quantitative estimate of drug-likeness (QED) is 0.260. The molecule has 3 aliphatic rings. The summed E-state index contributed by atoms with van der Waals surface area (Å²) in [6, 6.07) is 41.6. The van der Waals surface area contributed by atoms with E-state index in [0.717, 1.165) is 38.5 Å². The van der Waals surface area contributed by atoms with Gasteiger partial charge < -0.3 is 10.6 Å². The molecule has 0 unspecified atom stereocenters. The number of hydrogen-bond acceptors (Lipinski definition) is 2. The molecule has 2 N–H and O–H groups in total. The van der Waals surface area contributed by atoms with Crippen molar-refractivity contribution < 1.29 is 9.59 Å². The summed E-state index contributed by atoms with van der Waals surface area (Å²) in [6.07, 6.45) is 5.50. The van der Waals surface area contributed by atoms with Crippen molar-refractivity contribution in [1.29, 1.82) is 0 Å². The van der Waals surface area contributed by atoms with Crippen LogP contribution in [0.3, 0.4) is 0 Å². The SMILES string of the molecule is O=C(N[C@@H]1CCCC[C@@H]1NC(=O)[C@@H]1CC1(c1ccccc1)c1ccccc1)[C@H]1CC1(c1ccccc1)c1ccccc1. The molecule has 0 saturated heterocycles. The maximum Gasteiger partial charge on any atom is 0.224 e. The molecule has 0 bridgehead atoms. The van der Waals surface area contributed by atoms with Crippen LogP contribution < -0.4 is 10.6 Å². The molecule has 0 spiro atoms. The fourth-order valence-electron chi connectivity index (χ4n) is 7.75. The van der Waals surface area contributed by atoms with E-state index in [1.54, 1.807) is 0 Å². The number of amides is 2. The van der Waals surface area contributed by atoms with Crippen LogP contribution in [0.1, 0.15) is 60.8 Å². The van der Waals surface area contributed by atoms with Gasteiger partial charge in [-0.05, 0) is 47.9 Å². The Morgan fingerprint density at radius 2 is 0.762 bits per heavy atom. The zero-order valence-corrected chi connectivity index (χ0v) is 23.9. The predicted molar refractivity (Wildman–Crippen MR) is 166 cm³/mol. The Bertz CT molecular complexity index is 1340. The van der Waals surface area contributed by atoms with Crippen molar-refractivity contribution in [3.05, 3.63) is 144 Å². The van der Waals surface area contributed by atoms with E-state index < -0.39 is 0 Å². The highest BCUT2D eigenvalue weighted by molar-refractivity contribution is 5.88. The Labute approximate surface area is 248 Å². The molecule has 4 aromatic carbocycles. The highest BCUT2D eigenvalue weighted by atomic mass is 16.2. The van der Waals surface area contributed by atoms with E-state index in [1.165, 1.54) is 22.3 Å². The molecule has 42 heavy (non-hydrogen) atoms. The summed E-state index contributed by atoms with van der Waals surface area (Å²) < 4.78 is 0. The summed E-state index contributed by atoms with van der Waals surface area (Å²) >= 11 is 0. The van der Waals surface area contributed by atoms with Gasteiger partial charge in [-0.3, -0.25) is 9.59 Å². The van der Waals surface area contributed by atoms with E-state index in [4.69, 9.17) is 0 Å². The van der Waals surface area contributed by atoms with E-state index >= 15 is 0 Å². The Kier molecular flexibility index (Phi) is 6.93. The van der Waals surface area contributed by atoms with Gasteiger partial charge in [0.05, 0.1) is 11.8 Å². The second-order valence-corrected chi connectivity index (χ2v) is 12.4. The molecule has 0 aromatic heterocycles. The van der Waals surface area contributed by atoms with Crippen LogP contribution in [-0.2, 0) is 20.4 Å². The number of nitrogens with one attached hydrogen (secondary N) is 2. The van der Waals surface area contributed by atoms with Gasteiger partial charge in [0, 0.05) is 22.9 Å². The fourth-order valence-corrected chi connectivity index (χ4v) is 7.75. The van der Waals surface area contributed by atoms with Gasteiger partial charge in [-0.2, -0.15) is 0 Å². The first-order valence-electron chi connectivity index (χ1n) is 15.5. The van der Waals surface area contributed by atoms with Crippen LogP contribution >= 0.6 is 0 Å². The summed E-state index contributed by atoms with van der Waals surface area (Å²) in [4.78, 5) is 27.7. The van der Waals surface area contributed by atoms with Gasteiger partial charge in [0.25, 0.3) is 0 Å². The van der Waals surface area contributed by atoms with Crippen LogP contribution in [0, 0.1) is 11.8 Å². The van der Waals surface area contributed by atoms with Gasteiger partial charge in [-0.15, -0.1) is 0 Å². The molecular formula is C38H38N2O2. The van der Waals surface area contributed by atoms with Crippen LogP contribution in [0.5, 0.6) is 0 Å². The highest BCUT2D eigenvalue weighted by Gasteiger charge is 2.61. The lowest BCUT2D eigenvalue weighted by molar-refractivity contribution is -0.126. The van der Waals surface area contributed by atoms with Crippen molar-refractivity contribution in [2.75, 3.05) is 0 Å². The van der Waals surface area contributed by atoms with Crippen LogP contribution in [0.15, 0.2) is 121 Å². The summed E-state index contributed by atoms with van der Waals surface area (Å²) in [7, 11) is 0. The first kappa shape index (κ1) is 26.7. The highest BCUT2D eigenvalue weighted by Crippen LogP contribution is 2.60. The molecule has 7 rings (SSSR count). The summed E-state index contributed by atoms with van der Waals surface area (Å²) in [6.45, 7) is 0. The Hall–Kier alpha value is -4.18. The van der Waals surface area contributed by atoms with Crippen LogP contribution in [0.2, 0.25) is 0 Å². The number of rotatable bonds is 8. The Morgan fingerprint density at radius 3 is 1.05 bits per heavy atom. The van der Waals surface area contributed by atoms with Gasteiger partial charge in [0.2, 0.25) is 11.8 Å². The third-order valence-electron chi connectivity index (χ3n) is 10.1. The second kappa shape index (κ2) is 10.9. The van der Waals surface area contributed by atoms with Gasteiger partial charge >= 0.3 is 0 Å². The molecule has 3 saturated carbocycles. The van der Waals surface area contributed by atoms with E-state index in [-0.39, 0.29) is 46.6 Å². The Morgan fingerprint density at radius 1 is 0.476 bits per heavy atom. The molecule has 0 radical (unpaired) electrons. The zero-order chi connectivity index (χ0) is 28.6. The zero-order valence-electron chi connectivity index (χ0n) is 23.9. The van der Waals surface area contributed by atoms with Gasteiger partial charge in [0.15, 0.2) is 0 Å². The maximum absolute atomic E-state index is 13.9. The smallest absolute Gasteiger partial charge is 0.224 e. The van der Waals surface area contributed by atoms with Gasteiger partial charge in [-0.25, -0.2) is 0 Å². The van der Waals surface area contributed by atoms with E-state index in [0.29, 0.717) is 0 Å². The summed E-state index contributed by atoms with van der Waals surface area (Å²) in [5.74, 6) is -0.0352. The molecule has 2 amide bonds. The van der Waals surface area contributed by atoms with Gasteiger partial charge in [-0.1, -0.05) is 134 Å². The Balaban J connectivity index is 1.08. The lowest BCUT2D eigenvalue weighted by Crippen LogP contribution is -2.54.